The van der Waals surface area contributed by atoms with Gasteiger partial charge in [0.05, 0.1) is 5.92 Å². The fourth-order valence-electron chi connectivity index (χ4n) is 2.81. The second-order valence-corrected chi connectivity index (χ2v) is 5.36. The molecule has 2 aromatic rings. The molecule has 0 fully saturated rings. The summed E-state index contributed by atoms with van der Waals surface area (Å²) in [5.74, 6) is 0.113. The molecule has 0 aliphatic carbocycles. The van der Waals surface area contributed by atoms with Crippen molar-refractivity contribution in [3.8, 4) is 17.7 Å². The number of carbonyl (C=O) groups excluding carboxylic acids is 1. The first-order valence-corrected chi connectivity index (χ1v) is 7.48. The Kier molecular flexibility index (Phi) is 3.96. The lowest BCUT2D eigenvalue weighted by Crippen LogP contribution is -2.21. The van der Waals surface area contributed by atoms with E-state index in [1.165, 1.54) is 6.92 Å². The number of aryl methyl sites for hydroxylation is 1. The summed E-state index contributed by atoms with van der Waals surface area (Å²) in [5, 5.41) is 16.6. The summed E-state index contributed by atoms with van der Waals surface area (Å²) in [5.41, 5.74) is 8.76. The van der Waals surface area contributed by atoms with Crippen LogP contribution < -0.4 is 15.2 Å². The fourth-order valence-corrected chi connectivity index (χ4v) is 2.81. The van der Waals surface area contributed by atoms with Gasteiger partial charge < -0.3 is 15.2 Å². The molecule has 1 aliphatic rings. The molecule has 0 saturated carbocycles. The van der Waals surface area contributed by atoms with Crippen molar-refractivity contribution >= 4 is 5.97 Å². The molecule has 3 rings (SSSR count). The molecule has 0 spiro atoms. The van der Waals surface area contributed by atoms with Gasteiger partial charge in [0.15, 0.2) is 0 Å². The van der Waals surface area contributed by atoms with Crippen LogP contribution in [0.15, 0.2) is 35.7 Å². The van der Waals surface area contributed by atoms with Gasteiger partial charge >= 0.3 is 5.97 Å². The number of hydrogen-bond acceptors (Lipinski definition) is 6. The summed E-state index contributed by atoms with van der Waals surface area (Å²) < 4.78 is 10.5. The molecule has 2 heterocycles. The second-order valence-electron chi connectivity index (χ2n) is 5.36. The number of nitrogens with one attached hydrogen (secondary N) is 1. The van der Waals surface area contributed by atoms with E-state index in [0.29, 0.717) is 23.6 Å². The van der Waals surface area contributed by atoms with Gasteiger partial charge in [-0.05, 0) is 24.1 Å². The molecule has 122 valence electrons. The number of nitriles is 1. The monoisotopic (exact) mass is 324 g/mol. The lowest BCUT2D eigenvalue weighted by Gasteiger charge is -2.24. The van der Waals surface area contributed by atoms with Crippen molar-refractivity contribution in [2.75, 3.05) is 0 Å². The topological polar surface area (TPSA) is 114 Å². The van der Waals surface area contributed by atoms with Gasteiger partial charge in [-0.1, -0.05) is 19.1 Å². The van der Waals surface area contributed by atoms with E-state index in [1.54, 1.807) is 24.3 Å². The fraction of sp³-hybridized carbons (Fsp3) is 0.235. The first kappa shape index (κ1) is 15.6. The second kappa shape index (κ2) is 6.08. The van der Waals surface area contributed by atoms with E-state index in [2.05, 4.69) is 16.3 Å². The summed E-state index contributed by atoms with van der Waals surface area (Å²) in [7, 11) is 0. The SMILES string of the molecule is CCc1[nH]nc2c1C(c1ccc(OC(C)=O)cc1)C(C#N)=C(N)O2. The van der Waals surface area contributed by atoms with Crippen LogP contribution in [0.4, 0.5) is 0 Å². The Morgan fingerprint density at radius 3 is 2.75 bits per heavy atom. The van der Waals surface area contributed by atoms with Crippen LogP contribution in [0.25, 0.3) is 0 Å². The maximum absolute atomic E-state index is 11.0. The Bertz CT molecular complexity index is 859. The number of aromatic nitrogens is 2. The quantitative estimate of drug-likeness (QED) is 0.660. The van der Waals surface area contributed by atoms with Crippen molar-refractivity contribution in [3.05, 3.63) is 52.5 Å². The molecule has 0 amide bonds. The summed E-state index contributed by atoms with van der Waals surface area (Å²) in [6, 6.07) is 9.10. The number of H-pyrrole nitrogens is 1. The maximum Gasteiger partial charge on any atom is 0.308 e. The highest BCUT2D eigenvalue weighted by atomic mass is 16.5. The minimum absolute atomic E-state index is 0.0493. The smallest absolute Gasteiger partial charge is 0.308 e. The molecule has 1 aromatic heterocycles. The van der Waals surface area contributed by atoms with Crippen LogP contribution in [0.2, 0.25) is 0 Å². The zero-order valence-corrected chi connectivity index (χ0v) is 13.3. The van der Waals surface area contributed by atoms with Gasteiger partial charge in [-0.2, -0.15) is 5.26 Å². The Labute approximate surface area is 138 Å². The molecule has 1 atom stereocenters. The molecular weight excluding hydrogens is 308 g/mol. The van der Waals surface area contributed by atoms with Crippen LogP contribution >= 0.6 is 0 Å². The number of benzene rings is 1. The number of hydrogen-bond donors (Lipinski definition) is 2. The van der Waals surface area contributed by atoms with Gasteiger partial charge in [0.2, 0.25) is 11.8 Å². The number of fused-ring (bicyclic) bond motifs is 1. The lowest BCUT2D eigenvalue weighted by atomic mass is 9.83. The van der Waals surface area contributed by atoms with Crippen LogP contribution in [0.3, 0.4) is 0 Å². The molecule has 7 heteroatoms. The van der Waals surface area contributed by atoms with Crippen LogP contribution in [0.5, 0.6) is 11.6 Å². The van der Waals surface area contributed by atoms with E-state index in [-0.39, 0.29) is 17.8 Å². The zero-order chi connectivity index (χ0) is 17.3. The predicted octanol–water partition coefficient (Wildman–Crippen LogP) is 2.12. The van der Waals surface area contributed by atoms with Crippen LogP contribution in [-0.2, 0) is 11.2 Å². The minimum Gasteiger partial charge on any atom is -0.427 e. The molecule has 0 saturated heterocycles. The van der Waals surface area contributed by atoms with Gasteiger partial charge in [0.25, 0.3) is 0 Å². The van der Waals surface area contributed by atoms with Crippen LogP contribution in [-0.4, -0.2) is 16.2 Å². The average Bonchev–Trinajstić information content (AvgIpc) is 2.96. The summed E-state index contributed by atoms with van der Waals surface area (Å²) >= 11 is 0. The van der Waals surface area contributed by atoms with Crippen molar-refractivity contribution in [1.29, 1.82) is 5.26 Å². The van der Waals surface area contributed by atoms with Gasteiger partial charge in [-0.25, -0.2) is 0 Å². The highest BCUT2D eigenvalue weighted by molar-refractivity contribution is 5.69. The van der Waals surface area contributed by atoms with Crippen molar-refractivity contribution in [2.45, 2.75) is 26.2 Å². The summed E-state index contributed by atoms with van der Waals surface area (Å²) in [6.45, 7) is 3.33. The van der Waals surface area contributed by atoms with E-state index < -0.39 is 0 Å². The molecular formula is C17H16N4O3. The molecule has 1 aromatic carbocycles. The highest BCUT2D eigenvalue weighted by Crippen LogP contribution is 2.43. The molecule has 3 N–H and O–H groups in total. The van der Waals surface area contributed by atoms with Crippen molar-refractivity contribution < 1.29 is 14.3 Å². The third-order valence-corrected chi connectivity index (χ3v) is 3.85. The molecule has 7 nitrogen and oxygen atoms in total. The number of rotatable bonds is 3. The predicted molar refractivity (Wildman–Crippen MR) is 85.0 cm³/mol. The molecule has 1 unspecified atom stereocenters. The van der Waals surface area contributed by atoms with Gasteiger partial charge in [-0.3, -0.25) is 9.89 Å². The van der Waals surface area contributed by atoms with Gasteiger partial charge in [0.1, 0.15) is 17.4 Å². The number of nitrogens with two attached hydrogens (primary N) is 1. The number of aromatic amines is 1. The first-order chi connectivity index (χ1) is 11.5. The maximum atomic E-state index is 11.0. The lowest BCUT2D eigenvalue weighted by molar-refractivity contribution is -0.131. The van der Waals surface area contributed by atoms with E-state index >= 15 is 0 Å². The summed E-state index contributed by atoms with van der Waals surface area (Å²) in [4.78, 5) is 11.0. The number of ether oxygens (including phenoxy) is 2. The van der Waals surface area contributed by atoms with E-state index in [9.17, 15) is 10.1 Å². The largest absolute Gasteiger partial charge is 0.427 e. The molecule has 24 heavy (non-hydrogen) atoms. The number of allylic oxidation sites excluding steroid dienone is 1. The van der Waals surface area contributed by atoms with Crippen molar-refractivity contribution in [1.82, 2.24) is 10.2 Å². The van der Waals surface area contributed by atoms with Gasteiger partial charge in [-0.15, -0.1) is 5.10 Å². The Morgan fingerprint density at radius 2 is 2.17 bits per heavy atom. The number of carbonyl (C=O) groups is 1. The van der Waals surface area contributed by atoms with Crippen molar-refractivity contribution in [2.24, 2.45) is 5.73 Å². The molecule has 0 radical (unpaired) electrons. The van der Waals surface area contributed by atoms with Gasteiger partial charge in [0, 0.05) is 18.2 Å². The molecule has 1 aliphatic heterocycles. The van der Waals surface area contributed by atoms with E-state index in [1.807, 2.05) is 6.92 Å². The van der Waals surface area contributed by atoms with Crippen molar-refractivity contribution in [3.63, 3.8) is 0 Å². The van der Waals surface area contributed by atoms with E-state index in [4.69, 9.17) is 15.2 Å². The Balaban J connectivity index is 2.09. The van der Waals surface area contributed by atoms with Crippen LogP contribution in [0.1, 0.15) is 36.6 Å². The number of esters is 1. The minimum atomic E-state index is -0.388. The average molecular weight is 324 g/mol. The Morgan fingerprint density at radius 1 is 1.46 bits per heavy atom. The highest BCUT2D eigenvalue weighted by Gasteiger charge is 2.34. The number of nitrogens with zero attached hydrogens (tertiary/aromatic N) is 2. The third kappa shape index (κ3) is 2.58. The van der Waals surface area contributed by atoms with E-state index in [0.717, 1.165) is 16.8 Å². The Hall–Kier alpha value is -3.27. The standard InChI is InChI=1S/C17H16N4O3/c1-3-13-15-14(10-4-6-11(7-5-10)23-9(2)22)12(8-18)16(19)24-17(15)21-20-13/h4-7,14H,3,19H2,1-2H3,(H,20,21). The third-order valence-electron chi connectivity index (χ3n) is 3.85. The van der Waals surface area contributed by atoms with Crippen LogP contribution in [0, 0.1) is 11.3 Å². The zero-order valence-electron chi connectivity index (χ0n) is 13.3. The normalized spacial score (nSPS) is 16.1. The summed E-state index contributed by atoms with van der Waals surface area (Å²) in [6.07, 6.45) is 0.715. The molecule has 0 bridgehead atoms. The first-order valence-electron chi connectivity index (χ1n) is 7.48.